The Kier molecular flexibility index (Phi) is 12.8. The second-order valence-corrected chi connectivity index (χ2v) is 13.9. The fourth-order valence-electron chi connectivity index (χ4n) is 5.99. The number of rotatable bonds is 8. The number of benzene rings is 2. The number of amides is 3. The number of hydrogen-bond acceptors (Lipinski definition) is 8. The quantitative estimate of drug-likeness (QED) is 0.152. The number of carbonyl (C=O) groups excluding carboxylic acids is 3. The molecule has 1 aliphatic carbocycles. The van der Waals surface area contributed by atoms with Crippen molar-refractivity contribution in [1.82, 2.24) is 20.5 Å². The number of ether oxygens (including phenoxy) is 1. The highest BCUT2D eigenvalue weighted by atomic mass is 19.4. The van der Waals surface area contributed by atoms with Crippen LogP contribution in [0.2, 0.25) is 0 Å². The van der Waals surface area contributed by atoms with E-state index in [1.54, 1.807) is 24.4 Å². The number of halogens is 3. The van der Waals surface area contributed by atoms with Crippen molar-refractivity contribution in [3.63, 3.8) is 0 Å². The standard InChI is InChI=1S/C35H42N6O5.C2HF3O2/c1-21-19-37-16-15-27(21)24-9-5-22(6-10-24)17-29(36)33(44)41(26-13-14-28-30(18-26)39-40-31(28)42)32(43)25-11-7-23(8-12-25)20-38-34(45)46-35(2,3)4;3-2(4,5)1(6)7/h5-6,9-10,13-16,18-19,23,25,29H,7-8,11-12,17,20,36H2,1-4H3,(H,38,45)(H2,39,40,42);(H,6,7)/t23?,25?,29-;/m0./s1. The SMILES string of the molecule is Cc1cnccc1-c1ccc(C[C@H](N)C(=O)N(C(=O)C2CCC(CNC(=O)OC(C)(C)C)CC2)c2ccc3c(=O)[nH][nH]c3c2)cc1.O=C(O)C(F)(F)F. The number of carboxylic acids is 1. The number of aromatic nitrogens is 3. The minimum Gasteiger partial charge on any atom is -0.475 e. The highest BCUT2D eigenvalue weighted by Crippen LogP contribution is 2.32. The zero-order valence-electron chi connectivity index (χ0n) is 29.8. The number of imide groups is 1. The number of nitrogens with zero attached hydrogens (tertiary/aromatic N) is 2. The molecule has 1 atom stereocenters. The molecule has 284 valence electrons. The topological polar surface area (TPSA) is 201 Å². The van der Waals surface area contributed by atoms with Crippen LogP contribution in [0, 0.1) is 18.8 Å². The number of aromatic amines is 2. The number of hydrogen-bond donors (Lipinski definition) is 5. The van der Waals surface area contributed by atoms with Crippen molar-refractivity contribution in [1.29, 1.82) is 0 Å². The van der Waals surface area contributed by atoms with Gasteiger partial charge in [0.05, 0.1) is 22.6 Å². The van der Waals surface area contributed by atoms with Crippen LogP contribution in [0.3, 0.4) is 0 Å². The molecule has 0 spiro atoms. The van der Waals surface area contributed by atoms with Crippen LogP contribution in [0.5, 0.6) is 0 Å². The average molecular weight is 741 g/mol. The smallest absolute Gasteiger partial charge is 0.475 e. The third kappa shape index (κ3) is 11.0. The summed E-state index contributed by atoms with van der Waals surface area (Å²) in [7, 11) is 0. The Bertz CT molecular complexity index is 1980. The number of H-pyrrole nitrogens is 2. The van der Waals surface area contributed by atoms with Crippen molar-refractivity contribution in [3.8, 4) is 11.1 Å². The summed E-state index contributed by atoms with van der Waals surface area (Å²) in [5, 5.41) is 15.7. The maximum atomic E-state index is 14.1. The number of fused-ring (bicyclic) bond motifs is 1. The molecule has 1 saturated carbocycles. The number of pyridine rings is 1. The Hall–Kier alpha value is -5.51. The Morgan fingerprint density at radius 1 is 1.02 bits per heavy atom. The van der Waals surface area contributed by atoms with Gasteiger partial charge < -0.3 is 20.9 Å². The fourth-order valence-corrected chi connectivity index (χ4v) is 5.99. The van der Waals surface area contributed by atoms with Crippen LogP contribution in [-0.2, 0) is 25.5 Å². The van der Waals surface area contributed by atoms with Crippen molar-refractivity contribution in [2.75, 3.05) is 11.4 Å². The minimum absolute atomic E-state index is 0.197. The molecular weight excluding hydrogens is 697 g/mol. The number of nitrogens with two attached hydrogens (primary N) is 1. The van der Waals surface area contributed by atoms with Gasteiger partial charge in [-0.1, -0.05) is 24.3 Å². The summed E-state index contributed by atoms with van der Waals surface area (Å²) in [4.78, 5) is 66.5. The van der Waals surface area contributed by atoms with Crippen LogP contribution in [0.15, 0.2) is 65.7 Å². The molecule has 0 saturated heterocycles. The molecule has 0 bridgehead atoms. The molecule has 2 aromatic carbocycles. The van der Waals surface area contributed by atoms with E-state index in [1.807, 2.05) is 64.2 Å². The lowest BCUT2D eigenvalue weighted by Crippen LogP contribution is -2.50. The first kappa shape index (κ1) is 40.3. The number of aliphatic carboxylic acids is 1. The monoisotopic (exact) mass is 740 g/mol. The molecule has 2 heterocycles. The van der Waals surface area contributed by atoms with Crippen molar-refractivity contribution in [2.45, 2.75) is 77.6 Å². The van der Waals surface area contributed by atoms with Gasteiger partial charge in [0.2, 0.25) is 5.91 Å². The Morgan fingerprint density at radius 2 is 1.66 bits per heavy atom. The Labute approximate surface area is 303 Å². The van der Waals surface area contributed by atoms with E-state index in [1.165, 1.54) is 4.90 Å². The summed E-state index contributed by atoms with van der Waals surface area (Å²) in [5.74, 6) is -3.78. The molecule has 5 rings (SSSR count). The molecule has 4 aromatic rings. The van der Waals surface area contributed by atoms with E-state index in [0.717, 1.165) is 22.3 Å². The van der Waals surface area contributed by atoms with Crippen molar-refractivity contribution in [2.24, 2.45) is 17.6 Å². The highest BCUT2D eigenvalue weighted by molar-refractivity contribution is 6.17. The molecule has 1 aliphatic rings. The molecule has 53 heavy (non-hydrogen) atoms. The van der Waals surface area contributed by atoms with Crippen LogP contribution < -0.4 is 21.5 Å². The lowest BCUT2D eigenvalue weighted by molar-refractivity contribution is -0.192. The van der Waals surface area contributed by atoms with Gasteiger partial charge in [0, 0.05) is 24.9 Å². The normalized spacial score (nSPS) is 16.5. The van der Waals surface area contributed by atoms with Gasteiger partial charge >= 0.3 is 18.2 Å². The molecule has 0 aliphatic heterocycles. The van der Waals surface area contributed by atoms with Gasteiger partial charge in [-0.3, -0.25) is 29.6 Å². The third-order valence-corrected chi connectivity index (χ3v) is 8.69. The molecule has 0 unspecified atom stereocenters. The first-order chi connectivity index (χ1) is 24.8. The summed E-state index contributed by atoms with van der Waals surface area (Å²) >= 11 is 0. The molecule has 0 radical (unpaired) electrons. The summed E-state index contributed by atoms with van der Waals surface area (Å²) in [6, 6.07) is 13.7. The summed E-state index contributed by atoms with van der Waals surface area (Å²) in [6.45, 7) is 7.90. The van der Waals surface area contributed by atoms with Crippen LogP contribution in [-0.4, -0.2) is 68.5 Å². The van der Waals surface area contributed by atoms with Crippen LogP contribution in [0.25, 0.3) is 22.0 Å². The van der Waals surface area contributed by atoms with Crippen molar-refractivity contribution < 1.29 is 42.2 Å². The van der Waals surface area contributed by atoms with E-state index < -0.39 is 41.7 Å². The third-order valence-electron chi connectivity index (χ3n) is 8.69. The van der Waals surface area contributed by atoms with Crippen molar-refractivity contribution >= 4 is 40.5 Å². The van der Waals surface area contributed by atoms with Crippen LogP contribution >= 0.6 is 0 Å². The number of aryl methyl sites for hydroxylation is 1. The van der Waals surface area contributed by atoms with E-state index in [0.29, 0.717) is 48.8 Å². The Morgan fingerprint density at radius 3 is 2.25 bits per heavy atom. The second-order valence-electron chi connectivity index (χ2n) is 13.9. The average Bonchev–Trinajstić information content (AvgIpc) is 3.47. The first-order valence-electron chi connectivity index (χ1n) is 16.9. The largest absolute Gasteiger partial charge is 0.490 e. The van der Waals surface area contributed by atoms with Gasteiger partial charge in [-0.05, 0) is 112 Å². The highest BCUT2D eigenvalue weighted by Gasteiger charge is 2.38. The Balaban J connectivity index is 0.000000815. The number of anilines is 1. The molecule has 1 fully saturated rings. The second kappa shape index (κ2) is 16.9. The first-order valence-corrected chi connectivity index (χ1v) is 16.9. The lowest BCUT2D eigenvalue weighted by Gasteiger charge is -2.32. The van der Waals surface area contributed by atoms with Gasteiger partial charge in [0.25, 0.3) is 11.5 Å². The number of alkyl halides is 3. The molecular formula is C37H43F3N6O7. The predicted octanol–water partition coefficient (Wildman–Crippen LogP) is 5.62. The van der Waals surface area contributed by atoms with E-state index >= 15 is 0 Å². The summed E-state index contributed by atoms with van der Waals surface area (Å²) in [5.41, 5.74) is 10.5. The maximum Gasteiger partial charge on any atom is 0.490 e. The zero-order valence-corrected chi connectivity index (χ0v) is 29.8. The molecule has 3 amide bonds. The number of carboxylic acid groups (broad SMARTS) is 1. The number of carbonyl (C=O) groups is 4. The predicted molar refractivity (Wildman–Crippen MR) is 191 cm³/mol. The van der Waals surface area contributed by atoms with E-state index in [2.05, 4.69) is 20.5 Å². The van der Waals surface area contributed by atoms with E-state index in [9.17, 15) is 32.3 Å². The lowest BCUT2D eigenvalue weighted by atomic mass is 9.81. The van der Waals surface area contributed by atoms with Gasteiger partial charge in [-0.25, -0.2) is 14.5 Å². The van der Waals surface area contributed by atoms with E-state index in [4.69, 9.17) is 20.4 Å². The fraction of sp³-hybridized carbons (Fsp3) is 0.405. The summed E-state index contributed by atoms with van der Waals surface area (Å²) < 4.78 is 37.1. The van der Waals surface area contributed by atoms with Crippen molar-refractivity contribution in [3.05, 3.63) is 82.4 Å². The molecule has 16 heteroatoms. The minimum atomic E-state index is -5.08. The zero-order chi connectivity index (χ0) is 39.1. The van der Waals surface area contributed by atoms with Gasteiger partial charge in [0.15, 0.2) is 0 Å². The van der Waals surface area contributed by atoms with Gasteiger partial charge in [-0.2, -0.15) is 13.2 Å². The van der Waals surface area contributed by atoms with Crippen LogP contribution in [0.1, 0.15) is 57.6 Å². The van der Waals surface area contributed by atoms with Crippen LogP contribution in [0.4, 0.5) is 23.7 Å². The molecule has 13 nitrogen and oxygen atoms in total. The number of nitrogens with one attached hydrogen (secondary N) is 3. The maximum absolute atomic E-state index is 14.1. The van der Waals surface area contributed by atoms with Gasteiger partial charge in [-0.15, -0.1) is 0 Å². The molecule has 6 N–H and O–H groups in total. The summed E-state index contributed by atoms with van der Waals surface area (Å²) in [6.07, 6.45) is 0.833. The number of alkyl carbamates (subject to hydrolysis) is 1. The van der Waals surface area contributed by atoms with Gasteiger partial charge in [0.1, 0.15) is 5.60 Å². The van der Waals surface area contributed by atoms with E-state index in [-0.39, 0.29) is 23.8 Å². The molecule has 2 aromatic heterocycles.